The third-order valence-corrected chi connectivity index (χ3v) is 5.21. The van der Waals surface area contributed by atoms with Crippen molar-refractivity contribution in [3.05, 3.63) is 35.9 Å². The van der Waals surface area contributed by atoms with E-state index >= 15 is 0 Å². The molecule has 0 aliphatic heterocycles. The van der Waals surface area contributed by atoms with Crippen LogP contribution in [-0.2, 0) is 13.1 Å². The summed E-state index contributed by atoms with van der Waals surface area (Å²) in [7, 11) is 0. The lowest BCUT2D eigenvalue weighted by Gasteiger charge is -2.13. The Morgan fingerprint density at radius 1 is 1.21 bits per heavy atom. The maximum absolute atomic E-state index is 5.37. The number of anilines is 1. The molecule has 0 radical (unpaired) electrons. The van der Waals surface area contributed by atoms with Gasteiger partial charge >= 0.3 is 0 Å². The third-order valence-electron chi connectivity index (χ3n) is 3.91. The number of thiocarbonyl (C=S) groups is 1. The van der Waals surface area contributed by atoms with Gasteiger partial charge < -0.3 is 5.32 Å². The second-order valence-corrected chi connectivity index (χ2v) is 8.43. The molecule has 0 saturated heterocycles. The van der Waals surface area contributed by atoms with E-state index in [1.165, 1.54) is 0 Å². The summed E-state index contributed by atoms with van der Waals surface area (Å²) in [6.45, 7) is 7.79. The fraction of sp³-hybridized carbons (Fsp3) is 0.421. The molecule has 1 aromatic carbocycles. The van der Waals surface area contributed by atoms with Crippen molar-refractivity contribution >= 4 is 46.1 Å². The van der Waals surface area contributed by atoms with Crippen LogP contribution in [0.5, 0.6) is 0 Å². The van der Waals surface area contributed by atoms with Crippen molar-refractivity contribution in [2.24, 2.45) is 5.92 Å². The summed E-state index contributed by atoms with van der Waals surface area (Å²) in [6, 6.07) is 10.1. The first-order valence-corrected chi connectivity index (χ1v) is 11.0. The predicted octanol–water partition coefficient (Wildman–Crippen LogP) is 3.37. The molecular weight excluding hydrogens is 404 g/mol. The fourth-order valence-electron chi connectivity index (χ4n) is 2.59. The van der Waals surface area contributed by atoms with Crippen LogP contribution < -0.4 is 16.2 Å². The summed E-state index contributed by atoms with van der Waals surface area (Å²) in [5.41, 5.74) is 8.55. The molecule has 3 aromatic rings. The summed E-state index contributed by atoms with van der Waals surface area (Å²) in [6.07, 6.45) is 1.05. The average Bonchev–Trinajstić information content (AvgIpc) is 3.12. The Kier molecular flexibility index (Phi) is 7.59. The first-order chi connectivity index (χ1) is 14.1. The highest BCUT2D eigenvalue weighted by Crippen LogP contribution is 2.23. The van der Waals surface area contributed by atoms with Crippen molar-refractivity contribution < 1.29 is 0 Å². The van der Waals surface area contributed by atoms with E-state index in [2.05, 4.69) is 57.2 Å². The highest BCUT2D eigenvalue weighted by atomic mass is 32.2. The highest BCUT2D eigenvalue weighted by molar-refractivity contribution is 7.99. The number of thioether (sulfide) groups is 1. The Bertz CT molecular complexity index is 942. The Hall–Kier alpha value is -2.46. The molecule has 0 spiro atoms. The van der Waals surface area contributed by atoms with Crippen LogP contribution in [0.25, 0.3) is 11.2 Å². The SMILES string of the molecule is CCCSc1nc(NNC(=S)NCc2ccccc2)c2nnn(CC(C)C)c2n1. The molecule has 2 heterocycles. The molecule has 0 atom stereocenters. The van der Waals surface area contributed by atoms with Gasteiger partial charge in [-0.15, -0.1) is 5.10 Å². The Morgan fingerprint density at radius 2 is 2.00 bits per heavy atom. The predicted molar refractivity (Wildman–Crippen MR) is 122 cm³/mol. The quantitative estimate of drug-likeness (QED) is 0.204. The normalized spacial score (nSPS) is 11.0. The zero-order chi connectivity index (χ0) is 20.6. The number of hydrogen-bond donors (Lipinski definition) is 3. The molecule has 0 unspecified atom stereocenters. The molecule has 154 valence electrons. The number of rotatable bonds is 9. The highest BCUT2D eigenvalue weighted by Gasteiger charge is 2.16. The molecule has 0 saturated carbocycles. The number of aromatic nitrogens is 5. The zero-order valence-electron chi connectivity index (χ0n) is 16.8. The standard InChI is InChI=1S/C19H26N8S2/c1-4-10-29-19-21-16(15-17(22-19)27(26-23-15)12-13(2)3)24-25-18(28)20-11-14-8-6-5-7-9-14/h5-9,13H,4,10-12H2,1-3H3,(H2,20,25,28)(H,21,22,24). The molecule has 2 aromatic heterocycles. The molecule has 3 rings (SSSR count). The van der Waals surface area contributed by atoms with Gasteiger partial charge in [0, 0.05) is 18.8 Å². The first-order valence-electron chi connectivity index (χ1n) is 9.64. The second-order valence-electron chi connectivity index (χ2n) is 6.96. The molecule has 3 N–H and O–H groups in total. The van der Waals surface area contributed by atoms with Gasteiger partial charge in [-0.1, -0.05) is 68.1 Å². The van der Waals surface area contributed by atoms with E-state index in [-0.39, 0.29) is 0 Å². The topological polar surface area (TPSA) is 92.6 Å². The molecule has 8 nitrogen and oxygen atoms in total. The Morgan fingerprint density at radius 3 is 2.72 bits per heavy atom. The van der Waals surface area contributed by atoms with Gasteiger partial charge in [-0.25, -0.2) is 14.6 Å². The van der Waals surface area contributed by atoms with E-state index < -0.39 is 0 Å². The lowest BCUT2D eigenvalue weighted by atomic mass is 10.2. The number of nitrogens with zero attached hydrogens (tertiary/aromatic N) is 5. The van der Waals surface area contributed by atoms with Gasteiger partial charge in [0.15, 0.2) is 27.3 Å². The van der Waals surface area contributed by atoms with E-state index in [1.54, 1.807) is 11.8 Å². The van der Waals surface area contributed by atoms with Gasteiger partial charge in [-0.05, 0) is 30.1 Å². The summed E-state index contributed by atoms with van der Waals surface area (Å²) >= 11 is 6.98. The van der Waals surface area contributed by atoms with Crippen LogP contribution in [0.2, 0.25) is 0 Å². The van der Waals surface area contributed by atoms with Crippen LogP contribution in [0, 0.1) is 5.92 Å². The molecule has 0 bridgehead atoms. The second kappa shape index (κ2) is 10.4. The lowest BCUT2D eigenvalue weighted by molar-refractivity contribution is 0.480. The molecule has 0 amide bonds. The summed E-state index contributed by atoms with van der Waals surface area (Å²) in [4.78, 5) is 9.26. The van der Waals surface area contributed by atoms with Gasteiger partial charge in [0.05, 0.1) is 0 Å². The minimum atomic E-state index is 0.436. The number of hydrazine groups is 1. The maximum atomic E-state index is 5.37. The van der Waals surface area contributed by atoms with Crippen LogP contribution >= 0.6 is 24.0 Å². The number of nitrogens with one attached hydrogen (secondary N) is 3. The molecule has 29 heavy (non-hydrogen) atoms. The molecular formula is C19H26N8S2. The number of fused-ring (bicyclic) bond motifs is 1. The van der Waals surface area contributed by atoms with Gasteiger partial charge in [-0.3, -0.25) is 10.9 Å². The minimum Gasteiger partial charge on any atom is -0.357 e. The van der Waals surface area contributed by atoms with Crippen molar-refractivity contribution in [2.45, 2.75) is 45.4 Å². The van der Waals surface area contributed by atoms with E-state index in [9.17, 15) is 0 Å². The van der Waals surface area contributed by atoms with E-state index in [0.29, 0.717) is 34.1 Å². The summed E-state index contributed by atoms with van der Waals surface area (Å²) in [5, 5.41) is 12.9. The van der Waals surface area contributed by atoms with Crippen LogP contribution in [-0.4, -0.2) is 35.8 Å². The lowest BCUT2D eigenvalue weighted by Crippen LogP contribution is -2.38. The monoisotopic (exact) mass is 430 g/mol. The van der Waals surface area contributed by atoms with Crippen LogP contribution in [0.15, 0.2) is 35.5 Å². The Labute approximate surface area is 180 Å². The minimum absolute atomic E-state index is 0.436. The largest absolute Gasteiger partial charge is 0.357 e. The summed E-state index contributed by atoms with van der Waals surface area (Å²) < 4.78 is 1.83. The van der Waals surface area contributed by atoms with Gasteiger partial charge in [0.2, 0.25) is 0 Å². The first kappa shape index (κ1) is 21.3. The zero-order valence-corrected chi connectivity index (χ0v) is 18.5. The third kappa shape index (κ3) is 6.01. The smallest absolute Gasteiger partial charge is 0.191 e. The molecule has 0 aliphatic rings. The molecule has 0 fully saturated rings. The number of benzene rings is 1. The summed E-state index contributed by atoms with van der Waals surface area (Å²) in [5.74, 6) is 1.94. The van der Waals surface area contributed by atoms with Gasteiger partial charge in [0.25, 0.3) is 0 Å². The van der Waals surface area contributed by atoms with Crippen LogP contribution in [0.3, 0.4) is 0 Å². The fourth-order valence-corrected chi connectivity index (χ4v) is 3.41. The molecule has 0 aliphatic carbocycles. The van der Waals surface area contributed by atoms with Gasteiger partial charge in [-0.2, -0.15) is 0 Å². The van der Waals surface area contributed by atoms with Crippen molar-refractivity contribution in [2.75, 3.05) is 11.2 Å². The van der Waals surface area contributed by atoms with Crippen LogP contribution in [0.4, 0.5) is 5.82 Å². The van der Waals surface area contributed by atoms with Crippen molar-refractivity contribution in [3.63, 3.8) is 0 Å². The van der Waals surface area contributed by atoms with Crippen molar-refractivity contribution in [1.82, 2.24) is 35.7 Å². The average molecular weight is 431 g/mol. The maximum Gasteiger partial charge on any atom is 0.191 e. The Balaban J connectivity index is 1.72. The van der Waals surface area contributed by atoms with Crippen LogP contribution in [0.1, 0.15) is 32.8 Å². The van der Waals surface area contributed by atoms with Gasteiger partial charge in [0.1, 0.15) is 0 Å². The number of hydrogen-bond acceptors (Lipinski definition) is 7. The van der Waals surface area contributed by atoms with E-state index in [1.807, 2.05) is 35.0 Å². The van der Waals surface area contributed by atoms with Crippen molar-refractivity contribution in [3.8, 4) is 0 Å². The van der Waals surface area contributed by atoms with E-state index in [4.69, 9.17) is 12.2 Å². The molecule has 10 heteroatoms. The van der Waals surface area contributed by atoms with E-state index in [0.717, 1.165) is 29.9 Å². The van der Waals surface area contributed by atoms with Crippen molar-refractivity contribution in [1.29, 1.82) is 0 Å².